The van der Waals surface area contributed by atoms with Crippen molar-refractivity contribution >= 4 is 28.6 Å². The van der Waals surface area contributed by atoms with Gasteiger partial charge in [0.25, 0.3) is 0 Å². The van der Waals surface area contributed by atoms with Crippen LogP contribution in [-0.4, -0.2) is 12.4 Å². The Morgan fingerprint density at radius 2 is 1.00 bits per heavy atom. The molecule has 0 aromatic heterocycles. The molecule has 1 nitrogen and oxygen atoms in total. The summed E-state index contributed by atoms with van der Waals surface area (Å²) in [5, 5.41) is 14.9. The molecule has 0 unspecified atom stereocenters. The topological polar surface area (TPSA) is 23.1 Å². The van der Waals surface area contributed by atoms with E-state index in [-0.39, 0.29) is 36.2 Å². The van der Waals surface area contributed by atoms with Crippen LogP contribution in [0.2, 0.25) is 0 Å². The molecule has 3 aromatic rings. The smallest absolute Gasteiger partial charge is 0.854 e. The first-order valence-electron chi connectivity index (χ1n) is 9.36. The van der Waals surface area contributed by atoms with Crippen LogP contribution in [0.5, 0.6) is 0 Å². The second-order valence-corrected chi connectivity index (χ2v) is 9.83. The Labute approximate surface area is 185 Å². The maximum Gasteiger partial charge on any atom is 1.00 e. The third kappa shape index (κ3) is 5.47. The first-order valence-corrected chi connectivity index (χ1v) is 11.2. The minimum atomic E-state index is -1.81. The van der Waals surface area contributed by atoms with E-state index < -0.39 is 6.89 Å². The number of hydrogen-bond donors (Lipinski definition) is 0. The Hall–Kier alpha value is -1.08. The Kier molecular flexibility index (Phi) is 9.62. The van der Waals surface area contributed by atoms with Crippen molar-refractivity contribution in [2.45, 2.75) is 25.7 Å². The average Bonchev–Trinajstić information content (AvgIpc) is 2.73. The van der Waals surface area contributed by atoms with Crippen LogP contribution in [0.25, 0.3) is 0 Å². The molecule has 0 spiro atoms. The van der Waals surface area contributed by atoms with E-state index in [0.29, 0.717) is 0 Å². The number of benzene rings is 3. The van der Waals surface area contributed by atoms with Crippen LogP contribution in [-0.2, 0) is 0 Å². The minimum absolute atomic E-state index is 0. The van der Waals surface area contributed by atoms with Gasteiger partial charge in [-0.15, -0.1) is 6.61 Å². The van der Waals surface area contributed by atoms with E-state index in [1.54, 1.807) is 0 Å². The van der Waals surface area contributed by atoms with E-state index >= 15 is 0 Å². The molecule has 27 heavy (non-hydrogen) atoms. The Morgan fingerprint density at radius 1 is 0.593 bits per heavy atom. The fourth-order valence-corrected chi connectivity index (χ4v) is 7.48. The van der Waals surface area contributed by atoms with Gasteiger partial charge in [0.1, 0.15) is 0 Å². The fraction of sp³-hybridized carbons (Fsp3) is 0.208. The fourth-order valence-electron chi connectivity index (χ4n) is 3.46. The second kappa shape index (κ2) is 11.7. The zero-order chi connectivity index (χ0) is 18.1. The summed E-state index contributed by atoms with van der Waals surface area (Å²) in [5.41, 5.74) is 0. The van der Waals surface area contributed by atoms with E-state index in [2.05, 4.69) is 96.8 Å². The number of rotatable bonds is 8. The van der Waals surface area contributed by atoms with Crippen LogP contribution >= 0.6 is 6.89 Å². The quantitative estimate of drug-likeness (QED) is 0.319. The molecule has 0 fully saturated rings. The molecule has 0 bridgehead atoms. The molecule has 0 saturated carbocycles. The van der Waals surface area contributed by atoms with Gasteiger partial charge in [0.15, 0.2) is 0 Å². The first-order chi connectivity index (χ1) is 12.9. The van der Waals surface area contributed by atoms with E-state index in [4.69, 9.17) is 0 Å². The molecule has 0 aliphatic heterocycles. The average molecular weight is 384 g/mol. The molecule has 0 N–H and O–H groups in total. The van der Waals surface area contributed by atoms with Crippen molar-refractivity contribution in [2.24, 2.45) is 0 Å². The molecular weight excluding hydrogens is 358 g/mol. The van der Waals surface area contributed by atoms with Gasteiger partial charge in [0.05, 0.1) is 0 Å². The van der Waals surface area contributed by atoms with Crippen LogP contribution in [0.1, 0.15) is 25.7 Å². The summed E-state index contributed by atoms with van der Waals surface area (Å²) < 4.78 is 0. The molecule has 3 aromatic carbocycles. The summed E-state index contributed by atoms with van der Waals surface area (Å²) >= 11 is 0. The second-order valence-electron chi connectivity index (χ2n) is 6.47. The molecular formula is C24H26NaOP. The summed E-state index contributed by atoms with van der Waals surface area (Å²) in [7, 11) is 0. The predicted molar refractivity (Wildman–Crippen MR) is 115 cm³/mol. The Morgan fingerprint density at radius 3 is 1.37 bits per heavy atom. The van der Waals surface area contributed by atoms with Gasteiger partial charge < -0.3 is 5.11 Å². The van der Waals surface area contributed by atoms with Crippen LogP contribution in [0.4, 0.5) is 0 Å². The summed E-state index contributed by atoms with van der Waals surface area (Å²) in [6, 6.07) is 32.7. The van der Waals surface area contributed by atoms with Crippen molar-refractivity contribution in [3.8, 4) is 0 Å². The normalized spacial score (nSPS) is 10.9. The van der Waals surface area contributed by atoms with Gasteiger partial charge in [-0.3, -0.25) is 0 Å². The summed E-state index contributed by atoms with van der Waals surface area (Å²) in [5.74, 6) is 2.55. The summed E-state index contributed by atoms with van der Waals surface area (Å²) in [6.07, 6.45) is 3.91. The molecule has 0 radical (unpaired) electrons. The molecule has 0 aliphatic rings. The summed E-state index contributed by atoms with van der Waals surface area (Å²) in [6.45, 7) is -1.77. The van der Waals surface area contributed by atoms with Crippen molar-refractivity contribution in [1.29, 1.82) is 0 Å². The van der Waals surface area contributed by atoms with Gasteiger partial charge in [0, 0.05) is 0 Å². The summed E-state index contributed by atoms with van der Waals surface area (Å²) in [4.78, 5) is 0. The minimum Gasteiger partial charge on any atom is -0.854 e. The van der Waals surface area contributed by atoms with Gasteiger partial charge in [-0.25, -0.2) is 0 Å². The van der Waals surface area contributed by atoms with Crippen LogP contribution in [0.3, 0.4) is 0 Å². The van der Waals surface area contributed by atoms with E-state index in [1.807, 2.05) is 0 Å². The van der Waals surface area contributed by atoms with Crippen LogP contribution in [0, 0.1) is 0 Å². The maximum atomic E-state index is 10.8. The van der Waals surface area contributed by atoms with Gasteiger partial charge in [-0.1, -0.05) is 110 Å². The van der Waals surface area contributed by atoms with Gasteiger partial charge in [-0.2, -0.15) is 0 Å². The Balaban J connectivity index is 0.00000261. The van der Waals surface area contributed by atoms with Gasteiger partial charge in [-0.05, 0) is 35.6 Å². The van der Waals surface area contributed by atoms with Gasteiger partial charge >= 0.3 is 29.6 Å². The first kappa shape index (κ1) is 22.2. The van der Waals surface area contributed by atoms with Crippen molar-refractivity contribution in [2.75, 3.05) is 6.61 Å². The van der Waals surface area contributed by atoms with E-state index in [1.165, 1.54) is 15.9 Å². The molecule has 3 heteroatoms. The van der Waals surface area contributed by atoms with E-state index in [0.717, 1.165) is 25.7 Å². The van der Waals surface area contributed by atoms with E-state index in [9.17, 15) is 5.11 Å². The molecule has 0 aliphatic carbocycles. The third-order valence-electron chi connectivity index (χ3n) is 4.74. The monoisotopic (exact) mass is 384 g/mol. The zero-order valence-electron chi connectivity index (χ0n) is 16.1. The molecule has 0 amide bonds. The molecule has 0 atom stereocenters. The Bertz CT molecular complexity index is 729. The SMILES string of the molecule is [Na+].[O-]CCCCCC=P(c1ccccc1)(c1ccccc1)c1ccccc1. The molecule has 0 heterocycles. The standard InChI is InChI=1S/C24H26OP.Na/c25-20-12-1-2-13-21-26(22-14-6-3-7-15-22,23-16-8-4-9-17-23)24-18-10-5-11-19-24;/h3-11,14-19,21H,1-2,12-13,20H2;/q-1;+1. The van der Waals surface area contributed by atoms with Crippen LogP contribution < -0.4 is 50.6 Å². The number of unbranched alkanes of at least 4 members (excludes halogenated alkanes) is 3. The van der Waals surface area contributed by atoms with Crippen molar-refractivity contribution in [3.05, 3.63) is 91.0 Å². The van der Waals surface area contributed by atoms with Crippen molar-refractivity contribution in [3.63, 3.8) is 0 Å². The molecule has 134 valence electrons. The largest absolute Gasteiger partial charge is 1.00 e. The van der Waals surface area contributed by atoms with Crippen molar-refractivity contribution in [1.82, 2.24) is 0 Å². The third-order valence-corrected chi connectivity index (χ3v) is 8.89. The molecule has 3 rings (SSSR count). The zero-order valence-corrected chi connectivity index (χ0v) is 19.0. The number of hydrogen-bond acceptors (Lipinski definition) is 1. The van der Waals surface area contributed by atoms with Crippen LogP contribution in [0.15, 0.2) is 91.0 Å². The maximum absolute atomic E-state index is 10.8. The van der Waals surface area contributed by atoms with Gasteiger partial charge in [0.2, 0.25) is 0 Å². The molecule has 0 saturated heterocycles. The van der Waals surface area contributed by atoms with Crippen molar-refractivity contribution < 1.29 is 34.7 Å². The predicted octanol–water partition coefficient (Wildman–Crippen LogP) is 0.707.